The minimum Gasteiger partial charge on any atom is -0.305 e. The molecule has 1 heterocycles. The first-order chi connectivity index (χ1) is 8.15. The molecule has 0 saturated carbocycles. The molecule has 0 spiro atoms. The van der Waals surface area contributed by atoms with Gasteiger partial charge in [0.1, 0.15) is 11.6 Å². The summed E-state index contributed by atoms with van der Waals surface area (Å²) in [4.78, 5) is 11.4. The van der Waals surface area contributed by atoms with Gasteiger partial charge in [0.15, 0.2) is 0 Å². The van der Waals surface area contributed by atoms with E-state index < -0.39 is 17.7 Å². The van der Waals surface area contributed by atoms with Crippen LogP contribution in [0.15, 0.2) is 30.6 Å². The number of benzene rings is 1. The van der Waals surface area contributed by atoms with Crippen molar-refractivity contribution < 1.29 is 13.6 Å². The highest BCUT2D eigenvalue weighted by atomic mass is 19.1. The highest BCUT2D eigenvalue weighted by molar-refractivity contribution is 5.99. The Bertz CT molecular complexity index is 527. The van der Waals surface area contributed by atoms with E-state index in [1.54, 1.807) is 0 Å². The summed E-state index contributed by atoms with van der Waals surface area (Å²) in [6.45, 7) is 0. The highest BCUT2D eigenvalue weighted by Gasteiger charge is 2.08. The number of hydrogen-bond donors (Lipinski definition) is 3. The Morgan fingerprint density at radius 2 is 2.12 bits per heavy atom. The van der Waals surface area contributed by atoms with E-state index in [-0.39, 0.29) is 5.69 Å². The predicted molar refractivity (Wildman–Crippen MR) is 57.6 cm³/mol. The number of urea groups is 1. The van der Waals surface area contributed by atoms with Crippen LogP contribution in [-0.4, -0.2) is 16.2 Å². The fraction of sp³-hybridized carbons (Fsp3) is 0. The minimum absolute atomic E-state index is 0.104. The molecule has 1 aromatic carbocycles. The van der Waals surface area contributed by atoms with Crippen LogP contribution in [0.25, 0.3) is 0 Å². The first kappa shape index (κ1) is 11.1. The summed E-state index contributed by atoms with van der Waals surface area (Å²) in [5.41, 5.74) is 0.331. The maximum atomic E-state index is 13.2. The van der Waals surface area contributed by atoms with Gasteiger partial charge in [-0.25, -0.2) is 13.6 Å². The number of anilines is 2. The van der Waals surface area contributed by atoms with Gasteiger partial charge in [-0.3, -0.25) is 5.10 Å². The molecule has 88 valence electrons. The number of aromatic nitrogens is 2. The van der Waals surface area contributed by atoms with Crippen molar-refractivity contribution in [2.75, 3.05) is 10.6 Å². The first-order valence-corrected chi connectivity index (χ1v) is 4.67. The number of nitrogens with one attached hydrogen (secondary N) is 3. The van der Waals surface area contributed by atoms with Crippen LogP contribution in [0.1, 0.15) is 0 Å². The minimum atomic E-state index is -0.840. The van der Waals surface area contributed by atoms with E-state index in [0.29, 0.717) is 11.8 Å². The second-order valence-electron chi connectivity index (χ2n) is 3.19. The zero-order valence-electron chi connectivity index (χ0n) is 8.50. The van der Waals surface area contributed by atoms with Crippen LogP contribution in [-0.2, 0) is 0 Å². The van der Waals surface area contributed by atoms with Gasteiger partial charge in [-0.1, -0.05) is 0 Å². The fourth-order valence-electron chi connectivity index (χ4n) is 1.19. The van der Waals surface area contributed by atoms with Gasteiger partial charge in [-0.15, -0.1) is 0 Å². The van der Waals surface area contributed by atoms with Crippen LogP contribution in [0, 0.1) is 11.6 Å². The molecular formula is C10H8F2N4O. The third kappa shape index (κ3) is 2.77. The Morgan fingerprint density at radius 3 is 2.76 bits per heavy atom. The first-order valence-electron chi connectivity index (χ1n) is 4.67. The molecule has 0 radical (unpaired) electrons. The third-order valence-corrected chi connectivity index (χ3v) is 1.94. The Kier molecular flexibility index (Phi) is 2.99. The molecule has 1 aromatic heterocycles. The topological polar surface area (TPSA) is 69.8 Å². The second-order valence-corrected chi connectivity index (χ2v) is 3.19. The smallest absolute Gasteiger partial charge is 0.305 e. The molecule has 2 aromatic rings. The Hall–Kier alpha value is -2.44. The molecule has 2 amide bonds. The van der Waals surface area contributed by atoms with Gasteiger partial charge >= 0.3 is 6.03 Å². The molecule has 5 nitrogen and oxygen atoms in total. The third-order valence-electron chi connectivity index (χ3n) is 1.94. The van der Waals surface area contributed by atoms with E-state index in [1.807, 2.05) is 0 Å². The van der Waals surface area contributed by atoms with Gasteiger partial charge < -0.3 is 10.6 Å². The van der Waals surface area contributed by atoms with E-state index in [1.165, 1.54) is 12.4 Å². The molecule has 0 atom stereocenters. The molecule has 0 fully saturated rings. The lowest BCUT2D eigenvalue weighted by Gasteiger charge is -2.06. The number of H-pyrrole nitrogens is 1. The highest BCUT2D eigenvalue weighted by Crippen LogP contribution is 2.15. The Labute approximate surface area is 94.8 Å². The standard InChI is InChI=1S/C10H8F2N4O/c11-6-1-2-9(8(12)3-6)16-10(17)15-7-4-13-14-5-7/h1-5H,(H,13,14)(H2,15,16,17). The molecule has 3 N–H and O–H groups in total. The summed E-state index contributed by atoms with van der Waals surface area (Å²) in [5.74, 6) is -1.55. The maximum Gasteiger partial charge on any atom is 0.323 e. The van der Waals surface area contributed by atoms with Crippen LogP contribution in [0.4, 0.5) is 25.0 Å². The molecule has 0 aliphatic rings. The number of amides is 2. The molecule has 0 unspecified atom stereocenters. The largest absolute Gasteiger partial charge is 0.323 e. The number of nitrogens with zero attached hydrogens (tertiary/aromatic N) is 1. The van der Waals surface area contributed by atoms with Crippen molar-refractivity contribution >= 4 is 17.4 Å². The van der Waals surface area contributed by atoms with Crippen LogP contribution >= 0.6 is 0 Å². The Balaban J connectivity index is 2.03. The van der Waals surface area contributed by atoms with E-state index in [9.17, 15) is 13.6 Å². The normalized spacial score (nSPS) is 10.0. The lowest BCUT2D eigenvalue weighted by atomic mass is 10.3. The summed E-state index contributed by atoms with van der Waals surface area (Å²) in [7, 11) is 0. The Morgan fingerprint density at radius 1 is 1.29 bits per heavy atom. The summed E-state index contributed by atoms with van der Waals surface area (Å²) < 4.78 is 25.8. The molecule has 0 aliphatic carbocycles. The number of hydrogen-bond acceptors (Lipinski definition) is 2. The van der Waals surface area contributed by atoms with Crippen molar-refractivity contribution in [3.63, 3.8) is 0 Å². The van der Waals surface area contributed by atoms with Crippen molar-refractivity contribution in [3.05, 3.63) is 42.2 Å². The van der Waals surface area contributed by atoms with Crippen molar-refractivity contribution in [3.8, 4) is 0 Å². The van der Waals surface area contributed by atoms with Crippen LogP contribution in [0.5, 0.6) is 0 Å². The average molecular weight is 238 g/mol. The van der Waals surface area contributed by atoms with Crippen molar-refractivity contribution in [1.82, 2.24) is 10.2 Å². The van der Waals surface area contributed by atoms with Gasteiger partial charge in [0, 0.05) is 12.3 Å². The van der Waals surface area contributed by atoms with Crippen molar-refractivity contribution in [1.29, 1.82) is 0 Å². The molecule has 0 aliphatic heterocycles. The molecule has 17 heavy (non-hydrogen) atoms. The van der Waals surface area contributed by atoms with E-state index in [4.69, 9.17) is 0 Å². The van der Waals surface area contributed by atoms with Crippen LogP contribution in [0.2, 0.25) is 0 Å². The molecule has 7 heteroatoms. The number of carbonyl (C=O) groups excluding carboxylic acids is 1. The zero-order chi connectivity index (χ0) is 12.3. The zero-order valence-corrected chi connectivity index (χ0v) is 8.50. The monoisotopic (exact) mass is 238 g/mol. The van der Waals surface area contributed by atoms with Gasteiger partial charge in [0.25, 0.3) is 0 Å². The van der Waals surface area contributed by atoms with E-state index >= 15 is 0 Å². The quantitative estimate of drug-likeness (QED) is 0.751. The number of halogens is 2. The number of carbonyl (C=O) groups is 1. The van der Waals surface area contributed by atoms with Gasteiger partial charge in [0.05, 0.1) is 17.6 Å². The molecule has 0 bridgehead atoms. The SMILES string of the molecule is O=C(Nc1cn[nH]c1)Nc1ccc(F)cc1F. The van der Waals surface area contributed by atoms with E-state index in [2.05, 4.69) is 20.8 Å². The average Bonchev–Trinajstić information content (AvgIpc) is 2.75. The van der Waals surface area contributed by atoms with Crippen LogP contribution < -0.4 is 10.6 Å². The van der Waals surface area contributed by atoms with Crippen LogP contribution in [0.3, 0.4) is 0 Å². The summed E-state index contributed by atoms with van der Waals surface area (Å²) in [6.07, 6.45) is 2.85. The van der Waals surface area contributed by atoms with Gasteiger partial charge in [-0.05, 0) is 12.1 Å². The maximum absolute atomic E-state index is 13.2. The molecule has 2 rings (SSSR count). The second kappa shape index (κ2) is 4.60. The lowest BCUT2D eigenvalue weighted by molar-refractivity contribution is 0.262. The molecule has 0 saturated heterocycles. The van der Waals surface area contributed by atoms with Crippen molar-refractivity contribution in [2.24, 2.45) is 0 Å². The summed E-state index contributed by atoms with van der Waals surface area (Å²) in [5, 5.41) is 10.8. The fourth-order valence-corrected chi connectivity index (χ4v) is 1.19. The van der Waals surface area contributed by atoms with Gasteiger partial charge in [0.2, 0.25) is 0 Å². The van der Waals surface area contributed by atoms with E-state index in [0.717, 1.165) is 12.1 Å². The van der Waals surface area contributed by atoms with Crippen molar-refractivity contribution in [2.45, 2.75) is 0 Å². The molecular weight excluding hydrogens is 230 g/mol. The van der Waals surface area contributed by atoms with Gasteiger partial charge in [-0.2, -0.15) is 5.10 Å². The number of rotatable bonds is 2. The summed E-state index contributed by atoms with van der Waals surface area (Å²) in [6, 6.07) is 2.24. The lowest BCUT2D eigenvalue weighted by Crippen LogP contribution is -2.19. The number of aromatic amines is 1. The predicted octanol–water partition coefficient (Wildman–Crippen LogP) is 2.33. The summed E-state index contributed by atoms with van der Waals surface area (Å²) >= 11 is 0.